The molecule has 0 fully saturated rings. The molecule has 38 heavy (non-hydrogen) atoms. The number of halogens is 2. The van der Waals surface area contributed by atoms with Gasteiger partial charge in [0, 0.05) is 24.0 Å². The van der Waals surface area contributed by atoms with Gasteiger partial charge < -0.3 is 10.2 Å². The highest BCUT2D eigenvalue weighted by Gasteiger charge is 2.33. The summed E-state index contributed by atoms with van der Waals surface area (Å²) < 4.78 is 40.2. The van der Waals surface area contributed by atoms with Crippen LogP contribution in [0.15, 0.2) is 78.9 Å². The van der Waals surface area contributed by atoms with Gasteiger partial charge in [-0.1, -0.05) is 60.1 Å². The number of hydrogen-bond acceptors (Lipinski definition) is 4. The molecule has 0 saturated carbocycles. The second-order valence-electron chi connectivity index (χ2n) is 9.27. The van der Waals surface area contributed by atoms with Gasteiger partial charge >= 0.3 is 0 Å². The maximum Gasteiger partial charge on any atom is 0.244 e. The second kappa shape index (κ2) is 12.9. The topological polar surface area (TPSA) is 86.8 Å². The zero-order valence-corrected chi connectivity index (χ0v) is 23.0. The van der Waals surface area contributed by atoms with Gasteiger partial charge in [0.15, 0.2) is 0 Å². The molecule has 0 aromatic heterocycles. The summed E-state index contributed by atoms with van der Waals surface area (Å²) in [6, 6.07) is 20.0. The summed E-state index contributed by atoms with van der Waals surface area (Å²) in [5.74, 6) is -1.65. The lowest BCUT2D eigenvalue weighted by atomic mass is 10.0. The normalized spacial score (nSPS) is 12.2. The summed E-state index contributed by atoms with van der Waals surface area (Å²) in [5.41, 5.74) is 1.50. The Labute approximate surface area is 228 Å². The number of anilines is 1. The van der Waals surface area contributed by atoms with Crippen LogP contribution < -0.4 is 9.62 Å². The molecule has 0 aliphatic carbocycles. The van der Waals surface area contributed by atoms with Crippen molar-refractivity contribution in [2.24, 2.45) is 0 Å². The van der Waals surface area contributed by atoms with Crippen molar-refractivity contribution < 1.29 is 22.4 Å². The first kappa shape index (κ1) is 29.1. The number of hydrogen-bond donors (Lipinski definition) is 1. The lowest BCUT2D eigenvalue weighted by molar-refractivity contribution is -0.140. The fourth-order valence-electron chi connectivity index (χ4n) is 4.01. The Balaban J connectivity index is 2.06. The van der Waals surface area contributed by atoms with E-state index in [-0.39, 0.29) is 30.6 Å². The van der Waals surface area contributed by atoms with Crippen molar-refractivity contribution in [1.82, 2.24) is 10.2 Å². The van der Waals surface area contributed by atoms with E-state index in [1.807, 2.05) is 44.2 Å². The van der Waals surface area contributed by atoms with Crippen LogP contribution in [0.2, 0.25) is 5.02 Å². The molecule has 0 unspecified atom stereocenters. The summed E-state index contributed by atoms with van der Waals surface area (Å²) >= 11 is 6.18. The van der Waals surface area contributed by atoms with Crippen LogP contribution in [0.5, 0.6) is 0 Å². The van der Waals surface area contributed by atoms with Crippen molar-refractivity contribution in [2.75, 3.05) is 17.1 Å². The van der Waals surface area contributed by atoms with Gasteiger partial charge in [-0.3, -0.25) is 13.9 Å². The molecule has 0 saturated heterocycles. The summed E-state index contributed by atoms with van der Waals surface area (Å²) in [4.78, 5) is 28.7. The highest BCUT2D eigenvalue weighted by Crippen LogP contribution is 2.22. The Morgan fingerprint density at radius 2 is 1.61 bits per heavy atom. The first-order valence-electron chi connectivity index (χ1n) is 12.1. The molecule has 0 bridgehead atoms. The average molecular weight is 560 g/mol. The number of rotatable bonds is 11. The zero-order valence-electron chi connectivity index (χ0n) is 21.5. The monoisotopic (exact) mass is 559 g/mol. The molecule has 0 heterocycles. The predicted molar refractivity (Wildman–Crippen MR) is 148 cm³/mol. The van der Waals surface area contributed by atoms with E-state index < -0.39 is 34.3 Å². The van der Waals surface area contributed by atoms with Crippen molar-refractivity contribution in [3.8, 4) is 0 Å². The van der Waals surface area contributed by atoms with Gasteiger partial charge in [0.25, 0.3) is 0 Å². The molecule has 2 amide bonds. The molecule has 0 aliphatic rings. The van der Waals surface area contributed by atoms with Crippen molar-refractivity contribution in [3.05, 3.63) is 101 Å². The van der Waals surface area contributed by atoms with E-state index in [1.54, 1.807) is 24.3 Å². The zero-order chi connectivity index (χ0) is 27.9. The van der Waals surface area contributed by atoms with E-state index in [1.165, 1.54) is 23.1 Å². The molecule has 3 rings (SSSR count). The molecule has 3 aromatic rings. The van der Waals surface area contributed by atoms with E-state index in [0.29, 0.717) is 10.6 Å². The van der Waals surface area contributed by atoms with Gasteiger partial charge in [-0.2, -0.15) is 0 Å². The molecule has 1 atom stereocenters. The van der Waals surface area contributed by atoms with Crippen molar-refractivity contribution in [1.29, 1.82) is 0 Å². The van der Waals surface area contributed by atoms with E-state index in [4.69, 9.17) is 11.6 Å². The van der Waals surface area contributed by atoms with Gasteiger partial charge in [-0.05, 0) is 55.3 Å². The van der Waals surface area contributed by atoms with Gasteiger partial charge in [0.05, 0.1) is 11.9 Å². The number of nitrogens with one attached hydrogen (secondary N) is 1. The maximum atomic E-state index is 14.0. The van der Waals surface area contributed by atoms with Crippen molar-refractivity contribution >= 4 is 39.1 Å². The van der Waals surface area contributed by atoms with Crippen LogP contribution in [0.25, 0.3) is 0 Å². The molecular formula is C28H31ClFN3O4S. The molecule has 0 aliphatic heterocycles. The van der Waals surface area contributed by atoms with Gasteiger partial charge in [-0.15, -0.1) is 0 Å². The number of sulfonamides is 1. The van der Waals surface area contributed by atoms with Crippen LogP contribution in [0.1, 0.15) is 25.0 Å². The molecule has 0 radical (unpaired) electrons. The van der Waals surface area contributed by atoms with E-state index in [2.05, 4.69) is 5.32 Å². The van der Waals surface area contributed by atoms with Crippen LogP contribution in [0.3, 0.4) is 0 Å². The lowest BCUT2D eigenvalue weighted by Gasteiger charge is -2.34. The third kappa shape index (κ3) is 8.29. The fraction of sp³-hybridized carbons (Fsp3) is 0.286. The van der Waals surface area contributed by atoms with Crippen LogP contribution in [-0.2, 0) is 32.6 Å². The summed E-state index contributed by atoms with van der Waals surface area (Å²) in [6.07, 6.45) is 1.14. The van der Waals surface area contributed by atoms with E-state index >= 15 is 0 Å². The highest BCUT2D eigenvalue weighted by atomic mass is 35.5. The standard InChI is InChI=1S/C28H31ClFN3O4S/c1-20(2)31-28(35)26(16-21-9-5-4-6-10-21)32(18-22-11-7-12-23(29)15-22)27(34)19-33(38(3,36)37)25-14-8-13-24(30)17-25/h4-15,17,20,26H,16,18-19H2,1-3H3,(H,31,35)/t26-/m1/s1. The van der Waals surface area contributed by atoms with E-state index in [9.17, 15) is 22.4 Å². The van der Waals surface area contributed by atoms with E-state index in [0.717, 1.165) is 22.2 Å². The van der Waals surface area contributed by atoms with Crippen LogP contribution >= 0.6 is 11.6 Å². The summed E-state index contributed by atoms with van der Waals surface area (Å²) in [7, 11) is -3.97. The van der Waals surface area contributed by atoms with Crippen LogP contribution in [0.4, 0.5) is 10.1 Å². The Hall–Kier alpha value is -3.43. The Kier molecular flexibility index (Phi) is 9.88. The minimum absolute atomic E-state index is 0.00314. The molecule has 3 aromatic carbocycles. The number of nitrogens with zero attached hydrogens (tertiary/aromatic N) is 2. The maximum absolute atomic E-state index is 14.0. The molecule has 0 spiro atoms. The Bertz CT molecular complexity index is 1370. The average Bonchev–Trinajstić information content (AvgIpc) is 2.84. The Morgan fingerprint density at radius 1 is 0.947 bits per heavy atom. The number of amides is 2. The number of carbonyl (C=O) groups excluding carboxylic acids is 2. The van der Waals surface area contributed by atoms with Crippen molar-refractivity contribution in [3.63, 3.8) is 0 Å². The minimum Gasteiger partial charge on any atom is -0.352 e. The lowest BCUT2D eigenvalue weighted by Crippen LogP contribution is -2.54. The molecule has 1 N–H and O–H groups in total. The molecule has 7 nitrogen and oxygen atoms in total. The SMILES string of the molecule is CC(C)NC(=O)[C@@H](Cc1ccccc1)N(Cc1cccc(Cl)c1)C(=O)CN(c1cccc(F)c1)S(C)(=O)=O. The Morgan fingerprint density at radius 3 is 2.21 bits per heavy atom. The molecule has 202 valence electrons. The van der Waals surface area contributed by atoms with Gasteiger partial charge in [0.2, 0.25) is 21.8 Å². The second-order valence-corrected chi connectivity index (χ2v) is 11.6. The third-order valence-electron chi connectivity index (χ3n) is 5.72. The first-order chi connectivity index (χ1) is 17.9. The van der Waals surface area contributed by atoms with Gasteiger partial charge in [-0.25, -0.2) is 12.8 Å². The molecular weight excluding hydrogens is 529 g/mol. The number of carbonyl (C=O) groups is 2. The molecule has 10 heteroatoms. The fourth-order valence-corrected chi connectivity index (χ4v) is 5.07. The van der Waals surface area contributed by atoms with Crippen LogP contribution in [-0.4, -0.2) is 50.0 Å². The highest BCUT2D eigenvalue weighted by molar-refractivity contribution is 7.92. The quantitative estimate of drug-likeness (QED) is 0.377. The minimum atomic E-state index is -3.97. The van der Waals surface area contributed by atoms with Crippen molar-refractivity contribution in [2.45, 2.75) is 38.9 Å². The van der Waals surface area contributed by atoms with Gasteiger partial charge in [0.1, 0.15) is 18.4 Å². The van der Waals surface area contributed by atoms with Crippen LogP contribution in [0, 0.1) is 5.82 Å². The number of benzene rings is 3. The smallest absolute Gasteiger partial charge is 0.244 e. The largest absolute Gasteiger partial charge is 0.352 e. The summed E-state index contributed by atoms with van der Waals surface area (Å²) in [6.45, 7) is 3.01. The predicted octanol–water partition coefficient (Wildman–Crippen LogP) is 4.41. The summed E-state index contributed by atoms with van der Waals surface area (Å²) in [5, 5.41) is 3.34. The first-order valence-corrected chi connectivity index (χ1v) is 14.3. The third-order valence-corrected chi connectivity index (χ3v) is 7.10.